The number of fused-ring (bicyclic) bond motifs is 1. The molecule has 1 atom stereocenters. The minimum Gasteiger partial charge on any atom is -0.437 e. The summed E-state index contributed by atoms with van der Waals surface area (Å²) in [6.45, 7) is 2.12. The summed E-state index contributed by atoms with van der Waals surface area (Å²) in [5, 5.41) is 0. The molecule has 2 aliphatic rings. The fraction of sp³-hybridized carbons (Fsp3) is 0.391. The zero-order chi connectivity index (χ0) is 22.2. The molecule has 1 aliphatic carbocycles. The van der Waals surface area contributed by atoms with Crippen molar-refractivity contribution in [3.05, 3.63) is 53.4 Å². The number of anilines is 1. The molecule has 8 heteroatoms. The Bertz CT molecular complexity index is 1030. The number of allylic oxidation sites excluding steroid dienone is 1. The van der Waals surface area contributed by atoms with Crippen LogP contribution in [0.4, 0.5) is 18.9 Å². The SMILES string of the molecule is CC1CCc2c(ccc(C(C=NC3CC3)=CN)c2Oc2ncccc2C(F)(F)F)N1C. The first-order valence-corrected chi connectivity index (χ1v) is 10.3. The quantitative estimate of drug-likeness (QED) is 0.663. The first-order chi connectivity index (χ1) is 14.8. The number of aliphatic imine (C=N–C) groups is 1. The van der Waals surface area contributed by atoms with Gasteiger partial charge in [0.1, 0.15) is 11.3 Å². The number of hydrogen-bond donors (Lipinski definition) is 1. The molecule has 1 fully saturated rings. The zero-order valence-corrected chi connectivity index (χ0v) is 17.5. The number of pyridine rings is 1. The van der Waals surface area contributed by atoms with Gasteiger partial charge >= 0.3 is 6.18 Å². The van der Waals surface area contributed by atoms with Crippen LogP contribution in [-0.2, 0) is 12.6 Å². The van der Waals surface area contributed by atoms with Crippen molar-refractivity contribution >= 4 is 17.5 Å². The molecule has 1 aromatic carbocycles. The first kappa shape index (κ1) is 21.2. The van der Waals surface area contributed by atoms with Gasteiger partial charge in [0.25, 0.3) is 0 Å². The van der Waals surface area contributed by atoms with Crippen molar-refractivity contribution in [3.63, 3.8) is 0 Å². The number of aromatic nitrogens is 1. The predicted molar refractivity (Wildman–Crippen MR) is 116 cm³/mol. The van der Waals surface area contributed by atoms with Crippen molar-refractivity contribution in [2.75, 3.05) is 11.9 Å². The van der Waals surface area contributed by atoms with Crippen LogP contribution in [0.1, 0.15) is 42.9 Å². The Balaban J connectivity index is 1.84. The van der Waals surface area contributed by atoms with Crippen LogP contribution >= 0.6 is 0 Å². The molecule has 1 aliphatic heterocycles. The molecule has 1 aromatic heterocycles. The van der Waals surface area contributed by atoms with E-state index in [2.05, 4.69) is 21.8 Å². The van der Waals surface area contributed by atoms with E-state index in [-0.39, 0.29) is 6.04 Å². The molecular weight excluding hydrogens is 405 g/mol. The molecule has 2 heterocycles. The number of alkyl halides is 3. The van der Waals surface area contributed by atoms with Gasteiger partial charge < -0.3 is 15.4 Å². The third-order valence-corrected chi connectivity index (χ3v) is 5.83. The minimum absolute atomic E-state index is 0.288. The van der Waals surface area contributed by atoms with Gasteiger partial charge in [0.2, 0.25) is 5.88 Å². The summed E-state index contributed by atoms with van der Waals surface area (Å²) in [5.41, 5.74) is 7.95. The smallest absolute Gasteiger partial charge is 0.421 e. The van der Waals surface area contributed by atoms with Crippen LogP contribution in [0.25, 0.3) is 5.57 Å². The van der Waals surface area contributed by atoms with E-state index in [4.69, 9.17) is 10.5 Å². The molecule has 1 unspecified atom stereocenters. The van der Waals surface area contributed by atoms with Crippen LogP contribution in [0.2, 0.25) is 0 Å². The number of nitrogens with zero attached hydrogens (tertiary/aromatic N) is 3. The molecule has 0 spiro atoms. The van der Waals surface area contributed by atoms with Gasteiger partial charge in [0, 0.05) is 54.1 Å². The molecule has 0 radical (unpaired) electrons. The molecule has 0 bridgehead atoms. The molecule has 5 nitrogen and oxygen atoms in total. The Morgan fingerprint density at radius 3 is 2.71 bits per heavy atom. The molecular formula is C23H25F3N4O. The lowest BCUT2D eigenvalue weighted by molar-refractivity contribution is -0.138. The van der Waals surface area contributed by atoms with Crippen molar-refractivity contribution < 1.29 is 17.9 Å². The van der Waals surface area contributed by atoms with E-state index in [1.807, 2.05) is 19.2 Å². The first-order valence-electron chi connectivity index (χ1n) is 10.3. The number of hydrogen-bond acceptors (Lipinski definition) is 5. The molecule has 1 saturated carbocycles. The average Bonchev–Trinajstić information content (AvgIpc) is 3.56. The lowest BCUT2D eigenvalue weighted by Crippen LogP contribution is -2.33. The second-order valence-electron chi connectivity index (χ2n) is 8.03. The fourth-order valence-electron chi connectivity index (χ4n) is 3.71. The zero-order valence-electron chi connectivity index (χ0n) is 17.5. The van der Waals surface area contributed by atoms with Gasteiger partial charge in [-0.2, -0.15) is 13.2 Å². The Labute approximate surface area is 179 Å². The maximum absolute atomic E-state index is 13.6. The van der Waals surface area contributed by atoms with Gasteiger partial charge in [-0.05, 0) is 56.9 Å². The topological polar surface area (TPSA) is 63.7 Å². The summed E-state index contributed by atoms with van der Waals surface area (Å²) in [7, 11) is 1.97. The molecule has 164 valence electrons. The van der Waals surface area contributed by atoms with Crippen molar-refractivity contribution in [2.24, 2.45) is 10.7 Å². The van der Waals surface area contributed by atoms with Crippen LogP contribution in [0.15, 0.2) is 41.7 Å². The van der Waals surface area contributed by atoms with E-state index >= 15 is 0 Å². The van der Waals surface area contributed by atoms with Crippen LogP contribution in [0, 0.1) is 0 Å². The van der Waals surface area contributed by atoms with Crippen molar-refractivity contribution in [1.82, 2.24) is 4.98 Å². The number of nitrogens with two attached hydrogens (primary N) is 1. The maximum Gasteiger partial charge on any atom is 0.421 e. The van der Waals surface area contributed by atoms with Crippen LogP contribution < -0.4 is 15.4 Å². The number of ether oxygens (including phenoxy) is 1. The third-order valence-electron chi connectivity index (χ3n) is 5.83. The van der Waals surface area contributed by atoms with Gasteiger partial charge in [-0.25, -0.2) is 4.98 Å². The minimum atomic E-state index is -4.58. The summed E-state index contributed by atoms with van der Waals surface area (Å²) in [5.74, 6) is -0.124. The number of benzene rings is 1. The summed E-state index contributed by atoms with van der Waals surface area (Å²) in [6, 6.07) is 6.62. The summed E-state index contributed by atoms with van der Waals surface area (Å²) in [6.07, 6.45) is 3.42. The highest BCUT2D eigenvalue weighted by Crippen LogP contribution is 2.44. The van der Waals surface area contributed by atoms with E-state index < -0.39 is 17.6 Å². The van der Waals surface area contributed by atoms with E-state index in [0.717, 1.165) is 36.6 Å². The van der Waals surface area contributed by atoms with Crippen LogP contribution in [0.3, 0.4) is 0 Å². The number of halogens is 3. The van der Waals surface area contributed by atoms with Crippen molar-refractivity contribution in [3.8, 4) is 11.6 Å². The molecule has 0 amide bonds. The Kier molecular flexibility index (Phi) is 5.64. The van der Waals surface area contributed by atoms with E-state index in [1.165, 1.54) is 18.5 Å². The highest BCUT2D eigenvalue weighted by molar-refractivity contribution is 6.11. The van der Waals surface area contributed by atoms with Gasteiger partial charge in [-0.3, -0.25) is 4.99 Å². The molecule has 2 aromatic rings. The lowest BCUT2D eigenvalue weighted by Gasteiger charge is -2.35. The molecule has 4 rings (SSSR count). The third kappa shape index (κ3) is 4.38. The van der Waals surface area contributed by atoms with Crippen molar-refractivity contribution in [2.45, 2.75) is 50.9 Å². The lowest BCUT2D eigenvalue weighted by atomic mass is 9.92. The highest BCUT2D eigenvalue weighted by Gasteiger charge is 2.36. The van der Waals surface area contributed by atoms with Gasteiger partial charge in [-0.1, -0.05) is 0 Å². The van der Waals surface area contributed by atoms with E-state index in [0.29, 0.717) is 29.3 Å². The summed E-state index contributed by atoms with van der Waals surface area (Å²) in [4.78, 5) is 10.5. The predicted octanol–water partition coefficient (Wildman–Crippen LogP) is 5.20. The second-order valence-corrected chi connectivity index (χ2v) is 8.03. The maximum atomic E-state index is 13.6. The Hall–Kier alpha value is -3.03. The molecule has 31 heavy (non-hydrogen) atoms. The van der Waals surface area contributed by atoms with E-state index in [1.54, 1.807) is 6.21 Å². The van der Waals surface area contributed by atoms with Crippen LogP contribution in [-0.4, -0.2) is 30.3 Å². The second kappa shape index (κ2) is 8.24. The average molecular weight is 430 g/mol. The molecule has 0 saturated heterocycles. The van der Waals surface area contributed by atoms with Gasteiger partial charge in [-0.15, -0.1) is 0 Å². The monoisotopic (exact) mass is 430 g/mol. The standard InChI is InChI=1S/C23H25F3N4O/c1-14-5-8-18-20(30(14)2)10-9-17(15(12-27)13-29-16-6-7-16)21(18)31-22-19(23(24,25)26)4-3-11-28-22/h3-4,9-14,16H,5-8,27H2,1-2H3. The normalized spacial score (nSPS) is 19.6. The Morgan fingerprint density at radius 2 is 2.03 bits per heavy atom. The molecule has 2 N–H and O–H groups in total. The summed E-state index contributed by atoms with van der Waals surface area (Å²) < 4.78 is 46.6. The largest absolute Gasteiger partial charge is 0.437 e. The number of rotatable bonds is 5. The fourth-order valence-corrected chi connectivity index (χ4v) is 3.71. The van der Waals surface area contributed by atoms with Crippen LogP contribution in [0.5, 0.6) is 11.6 Å². The van der Waals surface area contributed by atoms with Crippen molar-refractivity contribution in [1.29, 1.82) is 0 Å². The van der Waals surface area contributed by atoms with Gasteiger partial charge in [0.15, 0.2) is 0 Å². The van der Waals surface area contributed by atoms with E-state index in [9.17, 15) is 13.2 Å². The highest BCUT2D eigenvalue weighted by atomic mass is 19.4. The Morgan fingerprint density at radius 1 is 1.26 bits per heavy atom. The van der Waals surface area contributed by atoms with Gasteiger partial charge in [0.05, 0.1) is 6.04 Å². The summed E-state index contributed by atoms with van der Waals surface area (Å²) >= 11 is 0.